The maximum Gasteiger partial charge on any atom is 0.326 e. The Hall–Kier alpha value is -1.00. The molecule has 0 aliphatic rings. The van der Waals surface area contributed by atoms with Crippen LogP contribution < -0.4 is 0 Å². The molecule has 1 aromatic carbocycles. The van der Waals surface area contributed by atoms with Gasteiger partial charge in [-0.2, -0.15) is 0 Å². The van der Waals surface area contributed by atoms with Gasteiger partial charge in [-0.15, -0.1) is 0 Å². The molecule has 0 saturated carbocycles. The summed E-state index contributed by atoms with van der Waals surface area (Å²) in [6.45, 7) is 7.73. The van der Waals surface area contributed by atoms with E-state index in [0.29, 0.717) is 5.02 Å². The lowest BCUT2D eigenvalue weighted by Gasteiger charge is -2.20. The minimum absolute atomic E-state index is 0.187. The molecule has 0 atom stereocenters. The summed E-state index contributed by atoms with van der Waals surface area (Å²) < 4.78 is 8.27. The Morgan fingerprint density at radius 2 is 2.05 bits per heavy atom. The average Bonchev–Trinajstić information content (AvgIpc) is 2.52. The van der Waals surface area contributed by atoms with Crippen molar-refractivity contribution in [3.8, 4) is 0 Å². The van der Waals surface area contributed by atoms with Gasteiger partial charge in [-0.05, 0) is 61.8 Å². The number of rotatable bonds is 2. The first-order valence-electron chi connectivity index (χ1n) is 6.35. The van der Waals surface area contributed by atoms with Gasteiger partial charge in [0.15, 0.2) is 0 Å². The topological polar surface area (TPSA) is 31.2 Å². The van der Waals surface area contributed by atoms with E-state index in [4.69, 9.17) is 16.3 Å². The quantitative estimate of drug-likeness (QED) is 0.728. The molecular formula is C15H17BrClNO2. The zero-order valence-corrected chi connectivity index (χ0v) is 14.3. The number of benzene rings is 1. The van der Waals surface area contributed by atoms with E-state index in [9.17, 15) is 4.79 Å². The lowest BCUT2D eigenvalue weighted by atomic mass is 10.2. The molecule has 3 nitrogen and oxygen atoms in total. The highest BCUT2D eigenvalue weighted by atomic mass is 79.9. The van der Waals surface area contributed by atoms with Crippen molar-refractivity contribution in [1.82, 2.24) is 4.57 Å². The predicted octanol–water partition coefficient (Wildman–Crippen LogP) is 4.71. The molecule has 2 rings (SSSR count). The third-order valence-corrected chi connectivity index (χ3v) is 4.15. The summed E-state index contributed by atoms with van der Waals surface area (Å²) in [5.74, 6) is -0.250. The van der Waals surface area contributed by atoms with E-state index in [1.54, 1.807) is 0 Å². The first-order valence-corrected chi connectivity index (χ1v) is 7.52. The Morgan fingerprint density at radius 1 is 1.40 bits per heavy atom. The number of ether oxygens (including phenoxy) is 1. The number of hydrogen-bond acceptors (Lipinski definition) is 2. The van der Waals surface area contributed by atoms with E-state index >= 15 is 0 Å². The lowest BCUT2D eigenvalue weighted by Crippen LogP contribution is -2.26. The number of carbonyl (C=O) groups excluding carboxylic acids is 1. The van der Waals surface area contributed by atoms with Crippen LogP contribution in [0, 0.1) is 6.92 Å². The van der Waals surface area contributed by atoms with Crippen LogP contribution in [0.3, 0.4) is 0 Å². The molecule has 5 heteroatoms. The molecule has 0 aliphatic heterocycles. The second-order valence-corrected chi connectivity index (χ2v) is 6.96. The summed E-state index contributed by atoms with van der Waals surface area (Å²) in [4.78, 5) is 12.0. The molecule has 0 amide bonds. The fourth-order valence-corrected chi connectivity index (χ4v) is 2.82. The monoisotopic (exact) mass is 357 g/mol. The van der Waals surface area contributed by atoms with Crippen molar-refractivity contribution in [2.45, 2.75) is 39.8 Å². The molecule has 0 aliphatic carbocycles. The summed E-state index contributed by atoms with van der Waals surface area (Å²) in [6.07, 6.45) is 0. The van der Waals surface area contributed by atoms with Gasteiger partial charge >= 0.3 is 5.97 Å². The Balaban J connectivity index is 2.40. The van der Waals surface area contributed by atoms with Gasteiger partial charge in [0.05, 0.1) is 5.52 Å². The van der Waals surface area contributed by atoms with Crippen LogP contribution in [0.4, 0.5) is 0 Å². The van der Waals surface area contributed by atoms with Crippen LogP contribution >= 0.6 is 27.5 Å². The average molecular weight is 359 g/mol. The predicted molar refractivity (Wildman–Crippen MR) is 85.2 cm³/mol. The number of hydrogen-bond donors (Lipinski definition) is 0. The number of fused-ring (bicyclic) bond motifs is 1. The Bertz CT molecular complexity index is 671. The normalized spacial score (nSPS) is 11.9. The van der Waals surface area contributed by atoms with Gasteiger partial charge in [0.1, 0.15) is 12.1 Å². The van der Waals surface area contributed by atoms with Crippen LogP contribution in [0.1, 0.15) is 26.5 Å². The highest BCUT2D eigenvalue weighted by molar-refractivity contribution is 9.10. The van der Waals surface area contributed by atoms with Gasteiger partial charge in [0, 0.05) is 20.6 Å². The summed E-state index contributed by atoms with van der Waals surface area (Å²) >= 11 is 9.58. The molecule has 20 heavy (non-hydrogen) atoms. The zero-order chi connectivity index (χ0) is 15.1. The van der Waals surface area contributed by atoms with Crippen LogP contribution in [0.25, 0.3) is 10.9 Å². The molecule has 0 spiro atoms. The van der Waals surface area contributed by atoms with Crippen molar-refractivity contribution in [3.05, 3.63) is 33.4 Å². The van der Waals surface area contributed by atoms with Crippen molar-refractivity contribution < 1.29 is 9.53 Å². The fraction of sp³-hybridized carbons (Fsp3) is 0.400. The first-order chi connectivity index (χ1) is 9.19. The first kappa shape index (κ1) is 15.4. The number of nitrogens with zero attached hydrogens (tertiary/aromatic N) is 1. The summed E-state index contributed by atoms with van der Waals surface area (Å²) in [7, 11) is 0. The van der Waals surface area contributed by atoms with Gasteiger partial charge in [0.25, 0.3) is 0 Å². The van der Waals surface area contributed by atoms with Crippen molar-refractivity contribution in [1.29, 1.82) is 0 Å². The van der Waals surface area contributed by atoms with E-state index in [1.165, 1.54) is 0 Å². The Morgan fingerprint density at radius 3 is 2.65 bits per heavy atom. The van der Waals surface area contributed by atoms with Crippen molar-refractivity contribution in [2.24, 2.45) is 0 Å². The number of halogens is 2. The molecule has 0 unspecified atom stereocenters. The third kappa shape index (κ3) is 3.18. The summed E-state index contributed by atoms with van der Waals surface area (Å²) in [5, 5.41) is 1.67. The Kier molecular flexibility index (Phi) is 4.17. The molecule has 0 saturated heterocycles. The minimum atomic E-state index is -0.478. The molecule has 0 bridgehead atoms. The molecule has 0 N–H and O–H groups in total. The van der Waals surface area contributed by atoms with Gasteiger partial charge < -0.3 is 9.30 Å². The third-order valence-electron chi connectivity index (χ3n) is 2.92. The van der Waals surface area contributed by atoms with E-state index in [2.05, 4.69) is 15.9 Å². The van der Waals surface area contributed by atoms with Crippen molar-refractivity contribution >= 4 is 44.4 Å². The lowest BCUT2D eigenvalue weighted by molar-refractivity contribution is -0.155. The number of aromatic nitrogens is 1. The second-order valence-electron chi connectivity index (χ2n) is 5.73. The number of esters is 1. The highest BCUT2D eigenvalue weighted by Crippen LogP contribution is 2.32. The smallest absolute Gasteiger partial charge is 0.326 e. The molecular weight excluding hydrogens is 342 g/mol. The molecule has 1 aromatic heterocycles. The van der Waals surface area contributed by atoms with Crippen LogP contribution in [-0.4, -0.2) is 16.1 Å². The van der Waals surface area contributed by atoms with Gasteiger partial charge in [-0.3, -0.25) is 4.79 Å². The van der Waals surface area contributed by atoms with Crippen LogP contribution in [0.2, 0.25) is 5.02 Å². The van der Waals surface area contributed by atoms with Crippen molar-refractivity contribution in [2.75, 3.05) is 0 Å². The maximum atomic E-state index is 12.0. The van der Waals surface area contributed by atoms with E-state index in [0.717, 1.165) is 21.1 Å². The molecule has 1 heterocycles. The van der Waals surface area contributed by atoms with E-state index in [1.807, 2.05) is 50.5 Å². The molecule has 0 radical (unpaired) electrons. The highest BCUT2D eigenvalue weighted by Gasteiger charge is 2.19. The van der Waals surface area contributed by atoms with Crippen LogP contribution in [0.5, 0.6) is 0 Å². The standard InChI is InChI=1S/C15H17BrClNO2/c1-9-14(16)11-7-10(17)5-6-12(11)18(9)8-13(19)20-15(2,3)4/h5-7H,8H2,1-4H3. The molecule has 0 fully saturated rings. The Labute approximate surface area is 132 Å². The maximum absolute atomic E-state index is 12.0. The minimum Gasteiger partial charge on any atom is -0.459 e. The SMILES string of the molecule is Cc1c(Br)c2cc(Cl)ccc2n1CC(=O)OC(C)(C)C. The van der Waals surface area contributed by atoms with Crippen LogP contribution in [0.15, 0.2) is 22.7 Å². The second kappa shape index (κ2) is 5.41. The van der Waals surface area contributed by atoms with Gasteiger partial charge in [0.2, 0.25) is 0 Å². The molecule has 2 aromatic rings. The fourth-order valence-electron chi connectivity index (χ4n) is 2.12. The van der Waals surface area contributed by atoms with Crippen LogP contribution in [-0.2, 0) is 16.1 Å². The van der Waals surface area contributed by atoms with E-state index < -0.39 is 5.60 Å². The summed E-state index contributed by atoms with van der Waals surface area (Å²) in [6, 6.07) is 5.63. The largest absolute Gasteiger partial charge is 0.459 e. The van der Waals surface area contributed by atoms with E-state index in [-0.39, 0.29) is 12.5 Å². The summed E-state index contributed by atoms with van der Waals surface area (Å²) in [5.41, 5.74) is 1.46. The van der Waals surface area contributed by atoms with Crippen molar-refractivity contribution in [3.63, 3.8) is 0 Å². The molecule has 108 valence electrons. The number of carbonyl (C=O) groups is 1. The zero-order valence-electron chi connectivity index (χ0n) is 12.0. The van der Waals surface area contributed by atoms with Gasteiger partial charge in [-0.1, -0.05) is 11.6 Å². The van der Waals surface area contributed by atoms with Gasteiger partial charge in [-0.25, -0.2) is 0 Å².